The van der Waals surface area contributed by atoms with Crippen LogP contribution in [0.25, 0.3) is 0 Å². The number of hydrogen-bond donors (Lipinski definition) is 1. The summed E-state index contributed by atoms with van der Waals surface area (Å²) >= 11 is 0. The van der Waals surface area contributed by atoms with Crippen LogP contribution < -0.4 is 10.2 Å². The van der Waals surface area contributed by atoms with Crippen molar-refractivity contribution >= 4 is 30.7 Å². The van der Waals surface area contributed by atoms with E-state index in [-0.39, 0.29) is 18.9 Å². The van der Waals surface area contributed by atoms with Gasteiger partial charge in [0.15, 0.2) is 5.78 Å². The maximum atomic E-state index is 14.1. The van der Waals surface area contributed by atoms with Gasteiger partial charge in [0.25, 0.3) is 5.69 Å². The van der Waals surface area contributed by atoms with E-state index in [1.54, 1.807) is 68.4 Å². The molecule has 0 aliphatic heterocycles. The summed E-state index contributed by atoms with van der Waals surface area (Å²) in [5.74, 6) is -1.21. The monoisotopic (exact) mass is 483 g/mol. The number of amides is 2. The van der Waals surface area contributed by atoms with E-state index in [9.17, 15) is 19.5 Å². The molecule has 0 aromatic heterocycles. The van der Waals surface area contributed by atoms with Gasteiger partial charge < -0.3 is 14.4 Å². The molecule has 1 N–H and O–H groups in total. The minimum Gasteiger partial charge on any atom is -0.308 e. The van der Waals surface area contributed by atoms with E-state index in [1.807, 2.05) is 6.07 Å². The molecule has 0 saturated carbocycles. The molecule has 10 heteroatoms. The normalized spacial score (nSPS) is 12.1. The number of nitrogens with one attached hydrogen (secondary N) is 1. The van der Waals surface area contributed by atoms with Crippen LogP contribution in [0, 0.1) is 10.1 Å². The zero-order valence-corrected chi connectivity index (χ0v) is 19.8. The lowest BCUT2D eigenvalue weighted by molar-refractivity contribution is -0.384. The molecular weight excluding hydrogens is 457 g/mol. The maximum absolute atomic E-state index is 14.1. The summed E-state index contributed by atoms with van der Waals surface area (Å²) in [4.78, 5) is 25.6. The number of nitrogens with zero attached hydrogens (tertiary/aromatic N) is 2. The molecule has 0 aliphatic rings. The molecule has 34 heavy (non-hydrogen) atoms. The Morgan fingerprint density at radius 3 is 1.97 bits per heavy atom. The van der Waals surface area contributed by atoms with Crippen molar-refractivity contribution in [1.29, 1.82) is 0 Å². The molecule has 9 nitrogen and oxygen atoms in total. The Morgan fingerprint density at radius 1 is 0.941 bits per heavy atom. The van der Waals surface area contributed by atoms with Crippen molar-refractivity contribution in [2.75, 3.05) is 23.4 Å². The van der Waals surface area contributed by atoms with Gasteiger partial charge in [-0.3, -0.25) is 19.6 Å². The maximum Gasteiger partial charge on any atom is 0.357 e. The predicted molar refractivity (Wildman–Crippen MR) is 131 cm³/mol. The van der Waals surface area contributed by atoms with Crippen molar-refractivity contribution in [2.45, 2.75) is 19.6 Å². The molecule has 0 bridgehead atoms. The number of carbonyl (C=O) groups excluding carboxylic acids is 1. The zero-order valence-electron chi connectivity index (χ0n) is 18.9. The van der Waals surface area contributed by atoms with Crippen molar-refractivity contribution in [2.24, 2.45) is 0 Å². The van der Waals surface area contributed by atoms with E-state index >= 15 is 0 Å². The summed E-state index contributed by atoms with van der Waals surface area (Å²) in [7, 11) is -3.98. The third-order valence-corrected chi connectivity index (χ3v) is 7.21. The van der Waals surface area contributed by atoms with E-state index in [1.165, 1.54) is 29.2 Å². The van der Waals surface area contributed by atoms with Crippen LogP contribution >= 0.6 is 7.60 Å². The highest BCUT2D eigenvalue weighted by atomic mass is 31.2. The number of urea groups is 1. The first-order valence-corrected chi connectivity index (χ1v) is 12.3. The minimum atomic E-state index is -3.98. The molecule has 3 rings (SSSR count). The largest absolute Gasteiger partial charge is 0.357 e. The van der Waals surface area contributed by atoms with Crippen molar-refractivity contribution in [1.82, 2.24) is 0 Å². The van der Waals surface area contributed by atoms with Gasteiger partial charge in [0.1, 0.15) is 0 Å². The topological polar surface area (TPSA) is 111 Å². The average Bonchev–Trinajstić information content (AvgIpc) is 2.84. The van der Waals surface area contributed by atoms with Gasteiger partial charge >= 0.3 is 13.6 Å². The second-order valence-corrected chi connectivity index (χ2v) is 9.18. The summed E-state index contributed by atoms with van der Waals surface area (Å²) in [5, 5.41) is 14.0. The van der Waals surface area contributed by atoms with Gasteiger partial charge in [-0.25, -0.2) is 4.79 Å². The van der Waals surface area contributed by atoms with E-state index < -0.39 is 24.3 Å². The Balaban J connectivity index is 2.18. The summed E-state index contributed by atoms with van der Waals surface area (Å²) in [6.45, 7) is 3.50. The molecule has 178 valence electrons. The SMILES string of the molecule is CCOP(=O)(OCC)C(c1ccc([N+](=O)[O-])cc1)N(C(=O)Nc1ccccc1)c1ccccc1. The number of nitro groups is 1. The quantitative estimate of drug-likeness (QED) is 0.198. The fourth-order valence-electron chi connectivity index (χ4n) is 3.44. The number of carbonyl (C=O) groups is 1. The third-order valence-electron chi connectivity index (χ3n) is 4.84. The first-order valence-electron chi connectivity index (χ1n) is 10.7. The van der Waals surface area contributed by atoms with Gasteiger partial charge in [-0.2, -0.15) is 0 Å². The minimum absolute atomic E-state index is 0.0731. The lowest BCUT2D eigenvalue weighted by Crippen LogP contribution is -2.39. The van der Waals surface area contributed by atoms with Crippen LogP contribution in [-0.4, -0.2) is 24.2 Å². The van der Waals surface area contributed by atoms with Gasteiger partial charge in [0, 0.05) is 23.5 Å². The summed E-state index contributed by atoms with van der Waals surface area (Å²) in [6.07, 6.45) is 0. The van der Waals surface area contributed by atoms with Crippen LogP contribution in [0.3, 0.4) is 0 Å². The Hall–Kier alpha value is -3.52. The van der Waals surface area contributed by atoms with Crippen molar-refractivity contribution in [3.63, 3.8) is 0 Å². The van der Waals surface area contributed by atoms with Gasteiger partial charge in [-0.15, -0.1) is 0 Å². The van der Waals surface area contributed by atoms with Crippen LogP contribution in [-0.2, 0) is 13.6 Å². The standard InChI is InChI=1S/C24H26N3O6P/c1-3-32-34(31,33-4-2)23(19-15-17-22(18-16-19)27(29)30)26(21-13-9-6-10-14-21)24(28)25-20-11-7-5-8-12-20/h5-18,23H,3-4H2,1-2H3,(H,25,28). The average molecular weight is 483 g/mol. The van der Waals surface area contributed by atoms with Gasteiger partial charge in [-0.1, -0.05) is 36.4 Å². The lowest BCUT2D eigenvalue weighted by Gasteiger charge is -2.36. The summed E-state index contributed by atoms with van der Waals surface area (Å²) < 4.78 is 25.4. The lowest BCUT2D eigenvalue weighted by atomic mass is 10.1. The molecule has 1 unspecified atom stereocenters. The Morgan fingerprint density at radius 2 is 1.47 bits per heavy atom. The molecule has 0 radical (unpaired) electrons. The van der Waals surface area contributed by atoms with Crippen LogP contribution in [0.5, 0.6) is 0 Å². The number of benzene rings is 3. The highest BCUT2D eigenvalue weighted by molar-refractivity contribution is 7.54. The van der Waals surface area contributed by atoms with Gasteiger partial charge in [-0.05, 0) is 55.8 Å². The number of para-hydroxylation sites is 2. The van der Waals surface area contributed by atoms with Crippen molar-refractivity contribution in [3.05, 3.63) is 101 Å². The van der Waals surface area contributed by atoms with E-state index in [4.69, 9.17) is 9.05 Å². The molecule has 2 amide bonds. The Bertz CT molecular complexity index is 1130. The molecular formula is C24H26N3O6P. The van der Waals surface area contributed by atoms with Crippen LogP contribution in [0.2, 0.25) is 0 Å². The summed E-state index contributed by atoms with van der Waals surface area (Å²) in [5.41, 5.74) is 1.21. The number of non-ortho nitro benzene ring substituents is 1. The number of nitro benzene ring substituents is 1. The summed E-state index contributed by atoms with van der Waals surface area (Å²) in [6, 6.07) is 22.5. The van der Waals surface area contributed by atoms with E-state index in [0.717, 1.165) is 0 Å². The zero-order chi connectivity index (χ0) is 24.6. The smallest absolute Gasteiger partial charge is 0.308 e. The van der Waals surface area contributed by atoms with Crippen LogP contribution in [0.1, 0.15) is 25.2 Å². The second kappa shape index (κ2) is 11.6. The van der Waals surface area contributed by atoms with Gasteiger partial charge in [0.2, 0.25) is 0 Å². The van der Waals surface area contributed by atoms with E-state index in [2.05, 4.69) is 5.32 Å². The van der Waals surface area contributed by atoms with Crippen molar-refractivity contribution < 1.29 is 23.3 Å². The molecule has 3 aromatic rings. The molecule has 0 heterocycles. The van der Waals surface area contributed by atoms with Gasteiger partial charge in [0.05, 0.1) is 18.1 Å². The first-order chi connectivity index (χ1) is 16.4. The highest BCUT2D eigenvalue weighted by Crippen LogP contribution is 2.63. The Kier molecular flexibility index (Phi) is 8.54. The van der Waals surface area contributed by atoms with Crippen molar-refractivity contribution in [3.8, 4) is 0 Å². The highest BCUT2D eigenvalue weighted by Gasteiger charge is 2.44. The molecule has 0 aliphatic carbocycles. The number of rotatable bonds is 10. The number of hydrogen-bond acceptors (Lipinski definition) is 6. The predicted octanol–water partition coefficient (Wildman–Crippen LogP) is 6.60. The van der Waals surface area contributed by atoms with Crippen LogP contribution in [0.4, 0.5) is 21.9 Å². The molecule has 0 fully saturated rings. The molecule has 1 atom stereocenters. The van der Waals surface area contributed by atoms with E-state index in [0.29, 0.717) is 16.9 Å². The second-order valence-electron chi connectivity index (χ2n) is 7.10. The molecule has 0 saturated heterocycles. The Labute approximate surface area is 198 Å². The first kappa shape index (κ1) is 25.1. The fourth-order valence-corrected chi connectivity index (χ4v) is 5.58. The molecule has 3 aromatic carbocycles. The third kappa shape index (κ3) is 5.88. The molecule has 0 spiro atoms. The van der Waals surface area contributed by atoms with Crippen LogP contribution in [0.15, 0.2) is 84.9 Å². The fraction of sp³-hybridized carbons (Fsp3) is 0.208. The number of anilines is 2.